The Balaban J connectivity index is 4.02. The zero-order chi connectivity index (χ0) is 12.8. The average Bonchev–Trinajstić information content (AvgIpc) is 2.15. The van der Waals surface area contributed by atoms with Gasteiger partial charge < -0.3 is 0 Å². The molecule has 7 heteroatoms. The van der Waals surface area contributed by atoms with Gasteiger partial charge in [-0.05, 0) is 6.42 Å². The largest absolute Gasteiger partial charge is 0.400 e. The van der Waals surface area contributed by atoms with Crippen LogP contribution in [0.4, 0.5) is 13.2 Å². The summed E-state index contributed by atoms with van der Waals surface area (Å²) in [6.07, 6.45) is 0.0784. The van der Waals surface area contributed by atoms with Crippen molar-refractivity contribution in [1.29, 1.82) is 0 Å². The first-order chi connectivity index (χ1) is 7.23. The number of unbranched alkanes of at least 4 members (excludes halogenated alkanes) is 4. The maximum atomic E-state index is 12.9. The lowest BCUT2D eigenvalue weighted by atomic mass is 10.1. The Morgan fingerprint density at radius 3 is 2.12 bits per heavy atom. The SMILES string of the molecule is CCCCCCCC(F)C(F)(F)S(=O)(=O)O. The van der Waals surface area contributed by atoms with E-state index in [1.165, 1.54) is 0 Å². The summed E-state index contributed by atoms with van der Waals surface area (Å²) in [6.45, 7) is 1.98. The second-order valence-electron chi connectivity index (χ2n) is 3.71. The summed E-state index contributed by atoms with van der Waals surface area (Å²) < 4.78 is 66.8. The van der Waals surface area contributed by atoms with Crippen molar-refractivity contribution in [2.75, 3.05) is 0 Å². The molecule has 3 nitrogen and oxygen atoms in total. The Morgan fingerprint density at radius 1 is 1.19 bits per heavy atom. The molecule has 0 rings (SSSR count). The molecule has 1 atom stereocenters. The number of alkyl halides is 3. The normalized spacial score (nSPS) is 15.1. The van der Waals surface area contributed by atoms with Crippen molar-refractivity contribution in [1.82, 2.24) is 0 Å². The van der Waals surface area contributed by atoms with Crippen molar-refractivity contribution in [2.24, 2.45) is 0 Å². The van der Waals surface area contributed by atoms with Crippen LogP contribution in [-0.4, -0.2) is 24.4 Å². The molecule has 16 heavy (non-hydrogen) atoms. The Hall–Kier alpha value is -0.300. The summed E-state index contributed by atoms with van der Waals surface area (Å²) in [5.74, 6) is 0. The lowest BCUT2D eigenvalue weighted by Crippen LogP contribution is -2.38. The Morgan fingerprint density at radius 2 is 1.69 bits per heavy atom. The molecule has 0 saturated carbocycles. The fourth-order valence-electron chi connectivity index (χ4n) is 1.26. The first-order valence-corrected chi connectivity index (χ1v) is 6.66. The number of rotatable bonds is 8. The van der Waals surface area contributed by atoms with Crippen LogP contribution in [0, 0.1) is 0 Å². The lowest BCUT2D eigenvalue weighted by molar-refractivity contribution is -0.00708. The third-order valence-electron chi connectivity index (χ3n) is 2.27. The van der Waals surface area contributed by atoms with Crippen molar-refractivity contribution in [2.45, 2.75) is 56.9 Å². The van der Waals surface area contributed by atoms with Crippen LogP contribution < -0.4 is 0 Å². The van der Waals surface area contributed by atoms with Crippen LogP contribution in [0.2, 0.25) is 0 Å². The zero-order valence-electron chi connectivity index (χ0n) is 9.13. The van der Waals surface area contributed by atoms with Crippen molar-refractivity contribution in [3.8, 4) is 0 Å². The van der Waals surface area contributed by atoms with E-state index >= 15 is 0 Å². The van der Waals surface area contributed by atoms with Crippen LogP contribution in [-0.2, 0) is 10.1 Å². The molecule has 98 valence electrons. The Bertz CT molecular complexity index is 290. The van der Waals surface area contributed by atoms with Crippen molar-refractivity contribution < 1.29 is 26.1 Å². The standard InChI is InChI=1S/C9H17F3O3S/c1-2-3-4-5-6-7-8(10)9(11,12)16(13,14)15/h8H,2-7H2,1H3,(H,13,14,15). The molecular weight excluding hydrogens is 245 g/mol. The molecule has 0 radical (unpaired) electrons. The van der Waals surface area contributed by atoms with Gasteiger partial charge in [-0.15, -0.1) is 0 Å². The van der Waals surface area contributed by atoms with E-state index in [-0.39, 0.29) is 6.42 Å². The molecular formula is C9H17F3O3S. The third kappa shape index (κ3) is 4.69. The van der Waals surface area contributed by atoms with Crippen LogP contribution in [0.5, 0.6) is 0 Å². The van der Waals surface area contributed by atoms with Crippen LogP contribution >= 0.6 is 0 Å². The van der Waals surface area contributed by atoms with Gasteiger partial charge in [0.1, 0.15) is 0 Å². The topological polar surface area (TPSA) is 54.4 Å². The molecule has 0 aliphatic carbocycles. The fourth-order valence-corrected chi connectivity index (χ4v) is 1.70. The van der Waals surface area contributed by atoms with E-state index in [4.69, 9.17) is 4.55 Å². The minimum absolute atomic E-state index is 0.187. The first kappa shape index (κ1) is 15.7. The van der Waals surface area contributed by atoms with Gasteiger partial charge in [0.15, 0.2) is 6.17 Å². The number of halogens is 3. The summed E-state index contributed by atoms with van der Waals surface area (Å²) >= 11 is 0. The molecule has 0 aromatic heterocycles. The predicted octanol–water partition coefficient (Wildman–Crippen LogP) is 3.17. The molecule has 0 bridgehead atoms. The van der Waals surface area contributed by atoms with Gasteiger partial charge in [-0.25, -0.2) is 4.39 Å². The Labute approximate surface area is 93.8 Å². The highest BCUT2D eigenvalue weighted by Crippen LogP contribution is 2.30. The molecule has 1 N–H and O–H groups in total. The van der Waals surface area contributed by atoms with E-state index < -0.39 is 28.0 Å². The minimum Gasteiger partial charge on any atom is -0.281 e. The van der Waals surface area contributed by atoms with Crippen LogP contribution in [0.15, 0.2) is 0 Å². The van der Waals surface area contributed by atoms with E-state index in [1.54, 1.807) is 0 Å². The van der Waals surface area contributed by atoms with Crippen molar-refractivity contribution in [3.05, 3.63) is 0 Å². The summed E-state index contributed by atoms with van der Waals surface area (Å²) in [6, 6.07) is 0. The lowest BCUT2D eigenvalue weighted by Gasteiger charge is -2.17. The first-order valence-electron chi connectivity index (χ1n) is 5.22. The summed E-state index contributed by atoms with van der Waals surface area (Å²) in [5.41, 5.74) is 0. The van der Waals surface area contributed by atoms with Gasteiger partial charge in [0, 0.05) is 0 Å². The van der Waals surface area contributed by atoms with Gasteiger partial charge in [0.25, 0.3) is 0 Å². The molecule has 0 aromatic carbocycles. The molecule has 0 saturated heterocycles. The second kappa shape index (κ2) is 6.44. The third-order valence-corrected chi connectivity index (χ3v) is 3.21. The quantitative estimate of drug-likeness (QED) is 0.540. The predicted molar refractivity (Wildman–Crippen MR) is 54.8 cm³/mol. The van der Waals surface area contributed by atoms with Gasteiger partial charge in [-0.3, -0.25) is 4.55 Å². The van der Waals surface area contributed by atoms with E-state index in [0.29, 0.717) is 6.42 Å². The van der Waals surface area contributed by atoms with E-state index in [1.807, 2.05) is 6.92 Å². The number of hydrogen-bond acceptors (Lipinski definition) is 2. The van der Waals surface area contributed by atoms with Gasteiger partial charge >= 0.3 is 15.4 Å². The van der Waals surface area contributed by atoms with Crippen LogP contribution in [0.1, 0.15) is 45.4 Å². The van der Waals surface area contributed by atoms with Crippen LogP contribution in [0.3, 0.4) is 0 Å². The maximum absolute atomic E-state index is 12.9. The van der Waals surface area contributed by atoms with E-state index in [0.717, 1.165) is 19.3 Å². The smallest absolute Gasteiger partial charge is 0.281 e. The summed E-state index contributed by atoms with van der Waals surface area (Å²) in [7, 11) is -5.66. The highest BCUT2D eigenvalue weighted by Gasteiger charge is 2.52. The highest BCUT2D eigenvalue weighted by molar-refractivity contribution is 7.86. The molecule has 0 fully saturated rings. The molecule has 1 unspecified atom stereocenters. The minimum atomic E-state index is -5.66. The van der Waals surface area contributed by atoms with Crippen molar-refractivity contribution in [3.63, 3.8) is 0 Å². The van der Waals surface area contributed by atoms with Crippen molar-refractivity contribution >= 4 is 10.1 Å². The highest BCUT2D eigenvalue weighted by atomic mass is 32.2. The second-order valence-corrected chi connectivity index (χ2v) is 5.20. The monoisotopic (exact) mass is 262 g/mol. The van der Waals surface area contributed by atoms with E-state index in [2.05, 4.69) is 0 Å². The maximum Gasteiger partial charge on any atom is 0.400 e. The molecule has 0 heterocycles. The van der Waals surface area contributed by atoms with Gasteiger partial charge in [0.05, 0.1) is 0 Å². The summed E-state index contributed by atoms with van der Waals surface area (Å²) in [5, 5.41) is -4.70. The number of hydrogen-bond donors (Lipinski definition) is 1. The van der Waals surface area contributed by atoms with Gasteiger partial charge in [-0.1, -0.05) is 39.0 Å². The van der Waals surface area contributed by atoms with Crippen LogP contribution in [0.25, 0.3) is 0 Å². The van der Waals surface area contributed by atoms with Gasteiger partial charge in [0.2, 0.25) is 0 Å². The molecule has 0 amide bonds. The summed E-state index contributed by atoms with van der Waals surface area (Å²) in [4.78, 5) is 0. The van der Waals surface area contributed by atoms with E-state index in [9.17, 15) is 21.6 Å². The fraction of sp³-hybridized carbons (Fsp3) is 1.00. The average molecular weight is 262 g/mol. The van der Waals surface area contributed by atoms with Gasteiger partial charge in [-0.2, -0.15) is 17.2 Å². The molecule has 0 aliphatic rings. The molecule has 0 spiro atoms. The molecule has 0 aromatic rings. The Kier molecular flexibility index (Phi) is 6.32. The molecule has 0 aliphatic heterocycles. The zero-order valence-corrected chi connectivity index (χ0v) is 9.94.